The molecule has 0 aromatic heterocycles. The Morgan fingerprint density at radius 2 is 1.78 bits per heavy atom. The number of hydrogen-bond donors (Lipinski definition) is 0. The van der Waals surface area contributed by atoms with Crippen molar-refractivity contribution in [2.24, 2.45) is 11.8 Å². The van der Waals surface area contributed by atoms with Gasteiger partial charge in [0.2, 0.25) is 0 Å². The van der Waals surface area contributed by atoms with Gasteiger partial charge in [0.1, 0.15) is 0 Å². The lowest BCUT2D eigenvalue weighted by Gasteiger charge is -2.07. The molecule has 1 saturated carbocycles. The van der Waals surface area contributed by atoms with Crippen LogP contribution in [0.15, 0.2) is 24.3 Å². The minimum absolute atomic E-state index is 0.0438. The van der Waals surface area contributed by atoms with Gasteiger partial charge >= 0.3 is 12.1 Å². The van der Waals surface area contributed by atoms with E-state index in [2.05, 4.69) is 0 Å². The molecular formula is C13H11F3O2. The molecule has 1 aromatic carbocycles. The highest BCUT2D eigenvalue weighted by Crippen LogP contribution is 2.58. The van der Waals surface area contributed by atoms with Gasteiger partial charge in [-0.25, -0.2) is 0 Å². The van der Waals surface area contributed by atoms with E-state index in [-0.39, 0.29) is 23.7 Å². The SMILES string of the molecule is O=C1OCC[C@@H]2[C@H]1[C@H]2c1ccc(C(F)(F)F)cc1. The molecule has 2 aliphatic rings. The number of carbonyl (C=O) groups excluding carboxylic acids is 1. The van der Waals surface area contributed by atoms with E-state index in [0.29, 0.717) is 6.61 Å². The molecular weight excluding hydrogens is 245 g/mol. The smallest absolute Gasteiger partial charge is 0.416 e. The van der Waals surface area contributed by atoms with Crippen molar-refractivity contribution >= 4 is 5.97 Å². The molecule has 0 unspecified atom stereocenters. The number of halogens is 3. The summed E-state index contributed by atoms with van der Waals surface area (Å²) in [6, 6.07) is 5.09. The van der Waals surface area contributed by atoms with Gasteiger partial charge in [-0.2, -0.15) is 13.2 Å². The van der Waals surface area contributed by atoms with Crippen molar-refractivity contribution < 1.29 is 22.7 Å². The summed E-state index contributed by atoms with van der Waals surface area (Å²) in [6.45, 7) is 0.428. The van der Waals surface area contributed by atoms with Crippen molar-refractivity contribution in [2.45, 2.75) is 18.5 Å². The lowest BCUT2D eigenvalue weighted by molar-refractivity contribution is -0.148. The molecule has 2 nitrogen and oxygen atoms in total. The predicted octanol–water partition coefficient (Wildman–Crippen LogP) is 2.98. The maximum atomic E-state index is 12.4. The molecule has 96 valence electrons. The number of esters is 1. The van der Waals surface area contributed by atoms with Crippen molar-refractivity contribution in [1.82, 2.24) is 0 Å². The summed E-state index contributed by atoms with van der Waals surface area (Å²) in [4.78, 5) is 11.4. The molecule has 1 saturated heterocycles. The summed E-state index contributed by atoms with van der Waals surface area (Å²) in [5.74, 6) is -0.0584. The number of ether oxygens (including phenoxy) is 1. The van der Waals surface area contributed by atoms with E-state index in [1.807, 2.05) is 0 Å². The van der Waals surface area contributed by atoms with E-state index in [9.17, 15) is 18.0 Å². The fourth-order valence-corrected chi connectivity index (χ4v) is 2.80. The Hall–Kier alpha value is -1.52. The van der Waals surface area contributed by atoms with Gasteiger partial charge in [-0.15, -0.1) is 0 Å². The fourth-order valence-electron chi connectivity index (χ4n) is 2.80. The highest BCUT2D eigenvalue weighted by Gasteiger charge is 2.58. The molecule has 18 heavy (non-hydrogen) atoms. The van der Waals surface area contributed by atoms with Crippen LogP contribution in [0.3, 0.4) is 0 Å². The fraction of sp³-hybridized carbons (Fsp3) is 0.462. The van der Waals surface area contributed by atoms with Crippen LogP contribution in [0.2, 0.25) is 0 Å². The Morgan fingerprint density at radius 3 is 2.33 bits per heavy atom. The Labute approximate surface area is 102 Å². The third-order valence-corrected chi connectivity index (χ3v) is 3.76. The van der Waals surface area contributed by atoms with Gasteiger partial charge < -0.3 is 4.74 Å². The number of carbonyl (C=O) groups is 1. The molecule has 1 aliphatic carbocycles. The summed E-state index contributed by atoms with van der Waals surface area (Å²) in [5.41, 5.74) is 0.147. The van der Waals surface area contributed by atoms with Crippen LogP contribution < -0.4 is 0 Å². The lowest BCUT2D eigenvalue weighted by Crippen LogP contribution is -2.15. The summed E-state index contributed by atoms with van der Waals surface area (Å²) in [5, 5.41) is 0. The molecule has 3 rings (SSSR count). The van der Waals surface area contributed by atoms with Crippen LogP contribution >= 0.6 is 0 Å². The third-order valence-electron chi connectivity index (χ3n) is 3.76. The van der Waals surface area contributed by atoms with Crippen LogP contribution in [0.4, 0.5) is 13.2 Å². The van der Waals surface area contributed by atoms with E-state index in [4.69, 9.17) is 4.74 Å². The second kappa shape index (κ2) is 3.73. The molecule has 1 aliphatic heterocycles. The minimum Gasteiger partial charge on any atom is -0.465 e. The van der Waals surface area contributed by atoms with Crippen molar-refractivity contribution in [3.05, 3.63) is 35.4 Å². The molecule has 2 fully saturated rings. The Morgan fingerprint density at radius 1 is 1.11 bits per heavy atom. The van der Waals surface area contributed by atoms with Crippen molar-refractivity contribution in [2.75, 3.05) is 6.61 Å². The quantitative estimate of drug-likeness (QED) is 0.722. The molecule has 3 atom stereocenters. The van der Waals surface area contributed by atoms with Crippen LogP contribution in [0, 0.1) is 11.8 Å². The maximum absolute atomic E-state index is 12.4. The van der Waals surface area contributed by atoms with Crippen molar-refractivity contribution in [3.8, 4) is 0 Å². The molecule has 0 bridgehead atoms. The standard InChI is InChI=1S/C13H11F3O2/c14-13(15,16)8-3-1-7(2-4-8)10-9-5-6-18-12(17)11(9)10/h1-4,9-11H,5-6H2/t9-,10-,11-/m0/s1. The molecule has 1 heterocycles. The maximum Gasteiger partial charge on any atom is 0.416 e. The van der Waals surface area contributed by atoms with Gasteiger partial charge in [-0.3, -0.25) is 4.79 Å². The van der Waals surface area contributed by atoms with E-state index in [1.165, 1.54) is 12.1 Å². The highest BCUT2D eigenvalue weighted by molar-refractivity contribution is 5.79. The average molecular weight is 256 g/mol. The first-order valence-corrected chi connectivity index (χ1v) is 5.82. The van der Waals surface area contributed by atoms with Gasteiger partial charge in [-0.05, 0) is 30.0 Å². The zero-order valence-corrected chi connectivity index (χ0v) is 9.41. The molecule has 0 amide bonds. The zero-order valence-electron chi connectivity index (χ0n) is 9.41. The normalized spacial score (nSPS) is 30.6. The monoisotopic (exact) mass is 256 g/mol. The average Bonchev–Trinajstić information content (AvgIpc) is 3.04. The first-order valence-electron chi connectivity index (χ1n) is 5.82. The van der Waals surface area contributed by atoms with Crippen LogP contribution in [0.5, 0.6) is 0 Å². The van der Waals surface area contributed by atoms with E-state index < -0.39 is 11.7 Å². The highest BCUT2D eigenvalue weighted by atomic mass is 19.4. The van der Waals surface area contributed by atoms with Crippen LogP contribution in [0.25, 0.3) is 0 Å². The van der Waals surface area contributed by atoms with E-state index >= 15 is 0 Å². The first kappa shape index (κ1) is 11.6. The second-order valence-electron chi connectivity index (χ2n) is 4.79. The Bertz CT molecular complexity index is 478. The van der Waals surface area contributed by atoms with Crippen molar-refractivity contribution in [1.29, 1.82) is 0 Å². The summed E-state index contributed by atoms with van der Waals surface area (Å²) in [6.07, 6.45) is -3.50. The number of rotatable bonds is 1. The Kier molecular flexibility index (Phi) is 2.40. The molecule has 0 spiro atoms. The number of benzene rings is 1. The molecule has 5 heteroatoms. The molecule has 0 N–H and O–H groups in total. The van der Waals surface area contributed by atoms with Crippen LogP contribution in [-0.2, 0) is 15.7 Å². The summed E-state index contributed by atoms with van der Waals surface area (Å²) < 4.78 is 42.2. The Balaban J connectivity index is 1.81. The van der Waals surface area contributed by atoms with Gasteiger partial charge in [0.25, 0.3) is 0 Å². The number of alkyl halides is 3. The van der Waals surface area contributed by atoms with Gasteiger partial charge in [0.05, 0.1) is 18.1 Å². The topological polar surface area (TPSA) is 26.3 Å². The van der Waals surface area contributed by atoms with E-state index in [1.54, 1.807) is 0 Å². The van der Waals surface area contributed by atoms with Gasteiger partial charge in [0.15, 0.2) is 0 Å². The first-order chi connectivity index (χ1) is 8.48. The van der Waals surface area contributed by atoms with Gasteiger partial charge in [0, 0.05) is 5.92 Å². The zero-order chi connectivity index (χ0) is 12.9. The lowest BCUT2D eigenvalue weighted by atomic mass is 10.1. The third kappa shape index (κ3) is 1.78. The summed E-state index contributed by atoms with van der Waals surface area (Å²) in [7, 11) is 0. The van der Waals surface area contributed by atoms with E-state index in [0.717, 1.165) is 24.1 Å². The number of hydrogen-bond acceptors (Lipinski definition) is 2. The van der Waals surface area contributed by atoms with Crippen molar-refractivity contribution in [3.63, 3.8) is 0 Å². The number of cyclic esters (lactones) is 1. The van der Waals surface area contributed by atoms with Crippen LogP contribution in [-0.4, -0.2) is 12.6 Å². The number of fused-ring (bicyclic) bond motifs is 1. The largest absolute Gasteiger partial charge is 0.465 e. The van der Waals surface area contributed by atoms with Gasteiger partial charge in [-0.1, -0.05) is 12.1 Å². The van der Waals surface area contributed by atoms with Crippen LogP contribution in [0.1, 0.15) is 23.5 Å². The predicted molar refractivity (Wildman–Crippen MR) is 56.7 cm³/mol. The molecule has 0 radical (unpaired) electrons. The molecule has 1 aromatic rings. The second-order valence-corrected chi connectivity index (χ2v) is 4.79. The minimum atomic E-state index is -4.31. The summed E-state index contributed by atoms with van der Waals surface area (Å²) >= 11 is 0.